The fraction of sp³-hybridized carbons (Fsp3) is 0.348. The average molecular weight is 445 g/mol. The summed E-state index contributed by atoms with van der Waals surface area (Å²) in [7, 11) is -3.62. The van der Waals surface area contributed by atoms with Crippen LogP contribution in [0.15, 0.2) is 48.5 Å². The Morgan fingerprint density at radius 1 is 1.07 bits per heavy atom. The van der Waals surface area contributed by atoms with Gasteiger partial charge in [0.1, 0.15) is 0 Å². The zero-order valence-electron chi connectivity index (χ0n) is 16.9. The monoisotopic (exact) mass is 444 g/mol. The second-order valence-corrected chi connectivity index (χ2v) is 10.2. The Balaban J connectivity index is 1.93. The Hall–Kier alpha value is -2.31. The van der Waals surface area contributed by atoms with Crippen LogP contribution >= 0.6 is 11.6 Å². The lowest BCUT2D eigenvalue weighted by atomic mass is 9.94. The van der Waals surface area contributed by atoms with E-state index in [2.05, 4.69) is 15.4 Å². The van der Waals surface area contributed by atoms with Crippen molar-refractivity contribution in [1.82, 2.24) is 9.29 Å². The van der Waals surface area contributed by atoms with Crippen molar-refractivity contribution in [2.75, 3.05) is 6.26 Å². The molecule has 0 aliphatic heterocycles. The molecule has 1 amide bonds. The van der Waals surface area contributed by atoms with Crippen LogP contribution in [0.2, 0.25) is 5.02 Å². The van der Waals surface area contributed by atoms with Crippen LogP contribution in [0.25, 0.3) is 22.2 Å². The number of para-hydroxylation sites is 1. The van der Waals surface area contributed by atoms with Crippen molar-refractivity contribution in [3.63, 3.8) is 0 Å². The lowest BCUT2D eigenvalue weighted by molar-refractivity contribution is -0.118. The van der Waals surface area contributed by atoms with Gasteiger partial charge in [-0.1, -0.05) is 61.2 Å². The highest BCUT2D eigenvalue weighted by Crippen LogP contribution is 2.41. The van der Waals surface area contributed by atoms with Crippen LogP contribution in [-0.2, 0) is 21.2 Å². The number of carbonyl (C=O) groups excluding carboxylic acids is 1. The van der Waals surface area contributed by atoms with Gasteiger partial charge in [0.05, 0.1) is 18.4 Å². The summed E-state index contributed by atoms with van der Waals surface area (Å²) < 4.78 is 27.7. The van der Waals surface area contributed by atoms with Crippen molar-refractivity contribution >= 4 is 38.4 Å². The largest absolute Gasteiger partial charge is 0.337 e. The third-order valence-corrected chi connectivity index (χ3v) is 6.56. The molecule has 1 aromatic heterocycles. The third kappa shape index (κ3) is 4.40. The van der Waals surface area contributed by atoms with Gasteiger partial charge >= 0.3 is 0 Å². The maximum atomic E-state index is 12.6. The maximum Gasteiger partial charge on any atom is 0.237 e. The molecule has 0 bridgehead atoms. The number of fused-ring (bicyclic) bond motifs is 1. The van der Waals surface area contributed by atoms with E-state index >= 15 is 0 Å². The van der Waals surface area contributed by atoms with Crippen LogP contribution in [0.5, 0.6) is 0 Å². The molecule has 1 fully saturated rings. The summed E-state index contributed by atoms with van der Waals surface area (Å²) in [4.78, 5) is 12.6. The summed E-state index contributed by atoms with van der Waals surface area (Å²) in [5.41, 5.74) is 3.88. The molecule has 0 saturated heterocycles. The van der Waals surface area contributed by atoms with Gasteiger partial charge in [-0.15, -0.1) is 0 Å². The van der Waals surface area contributed by atoms with Gasteiger partial charge in [-0.3, -0.25) is 9.52 Å². The summed E-state index contributed by atoms with van der Waals surface area (Å²) in [6.45, 7) is 0. The van der Waals surface area contributed by atoms with Gasteiger partial charge in [0.15, 0.2) is 0 Å². The van der Waals surface area contributed by atoms with Crippen LogP contribution in [0.3, 0.4) is 0 Å². The van der Waals surface area contributed by atoms with Crippen molar-refractivity contribution in [2.45, 2.75) is 44.6 Å². The predicted molar refractivity (Wildman–Crippen MR) is 121 cm³/mol. The summed E-state index contributed by atoms with van der Waals surface area (Å²) in [5.74, 6) is -0.528. The Bertz CT molecular complexity index is 1180. The number of benzene rings is 2. The molecular formula is C23H25ClN2O3S. The fourth-order valence-corrected chi connectivity index (χ4v) is 5.17. The highest BCUT2D eigenvalue weighted by molar-refractivity contribution is 7.89. The molecule has 30 heavy (non-hydrogen) atoms. The molecule has 0 atom stereocenters. The molecule has 3 aromatic rings. The maximum absolute atomic E-state index is 12.6. The summed E-state index contributed by atoms with van der Waals surface area (Å²) in [6, 6.07) is 16.0. The van der Waals surface area contributed by atoms with Crippen LogP contribution in [-0.4, -0.2) is 25.1 Å². The number of sulfonamides is 1. The summed E-state index contributed by atoms with van der Waals surface area (Å²) in [5, 5.41) is 1.63. The summed E-state index contributed by atoms with van der Waals surface area (Å²) >= 11 is 6.13. The van der Waals surface area contributed by atoms with E-state index in [1.807, 2.05) is 42.5 Å². The number of hydrogen-bond acceptors (Lipinski definition) is 3. The van der Waals surface area contributed by atoms with Crippen molar-refractivity contribution in [2.24, 2.45) is 0 Å². The minimum Gasteiger partial charge on any atom is -0.337 e. The van der Waals surface area contributed by atoms with Crippen LogP contribution in [0.4, 0.5) is 0 Å². The highest BCUT2D eigenvalue weighted by atomic mass is 35.5. The molecule has 1 N–H and O–H groups in total. The highest BCUT2D eigenvalue weighted by Gasteiger charge is 2.26. The van der Waals surface area contributed by atoms with Gasteiger partial charge in [0, 0.05) is 22.0 Å². The zero-order valence-corrected chi connectivity index (χ0v) is 18.5. The lowest BCUT2D eigenvalue weighted by Crippen LogP contribution is -2.30. The van der Waals surface area contributed by atoms with Crippen molar-refractivity contribution in [3.05, 3.63) is 59.1 Å². The predicted octanol–water partition coefficient (Wildman–Crippen LogP) is 5.09. The number of rotatable bonds is 5. The number of aromatic nitrogens is 1. The van der Waals surface area contributed by atoms with E-state index in [4.69, 9.17) is 11.6 Å². The van der Waals surface area contributed by atoms with E-state index in [9.17, 15) is 13.2 Å². The standard InChI is InChI=1S/C23H25ClN2O3S/c1-30(28,29)25-22(27)15-20-19-9-5-6-10-21(19)26(18-7-3-2-4-8-18)23(20)16-11-13-17(24)14-12-16/h5-6,9-14,18H,2-4,7-8,15H2,1H3,(H,25,27). The number of halogens is 1. The number of nitrogens with one attached hydrogen (secondary N) is 1. The molecule has 1 aliphatic rings. The first-order chi connectivity index (χ1) is 14.3. The van der Waals surface area contributed by atoms with E-state index in [-0.39, 0.29) is 6.42 Å². The average Bonchev–Trinajstić information content (AvgIpc) is 3.02. The van der Waals surface area contributed by atoms with Crippen LogP contribution < -0.4 is 4.72 Å². The van der Waals surface area contributed by atoms with E-state index in [0.717, 1.165) is 46.8 Å². The molecule has 5 nitrogen and oxygen atoms in total. The molecule has 0 spiro atoms. The number of carbonyl (C=O) groups is 1. The van der Waals surface area contributed by atoms with Gasteiger partial charge in [-0.25, -0.2) is 8.42 Å². The summed E-state index contributed by atoms with van der Waals surface area (Å²) in [6.07, 6.45) is 6.78. The molecule has 158 valence electrons. The second kappa shape index (κ2) is 8.44. The van der Waals surface area contributed by atoms with E-state index in [1.54, 1.807) is 0 Å². The van der Waals surface area contributed by atoms with Crippen LogP contribution in [0, 0.1) is 0 Å². The minimum absolute atomic E-state index is 0.00867. The first-order valence-corrected chi connectivity index (χ1v) is 12.5. The molecule has 1 heterocycles. The first-order valence-electron chi connectivity index (χ1n) is 10.2. The van der Waals surface area contributed by atoms with Crippen LogP contribution in [0.1, 0.15) is 43.7 Å². The van der Waals surface area contributed by atoms with Gasteiger partial charge in [0.25, 0.3) is 0 Å². The molecule has 2 aromatic carbocycles. The lowest BCUT2D eigenvalue weighted by Gasteiger charge is -2.27. The van der Waals surface area contributed by atoms with Gasteiger partial charge < -0.3 is 4.57 Å². The van der Waals surface area contributed by atoms with E-state index in [1.165, 1.54) is 19.3 Å². The Labute approximate surface area is 182 Å². The topological polar surface area (TPSA) is 68.2 Å². The van der Waals surface area contributed by atoms with Crippen molar-refractivity contribution < 1.29 is 13.2 Å². The molecule has 7 heteroatoms. The minimum atomic E-state index is -3.62. The zero-order chi connectivity index (χ0) is 21.3. The third-order valence-electron chi connectivity index (χ3n) is 5.71. The molecule has 0 radical (unpaired) electrons. The normalized spacial score (nSPS) is 15.4. The van der Waals surface area contributed by atoms with E-state index < -0.39 is 15.9 Å². The SMILES string of the molecule is CS(=O)(=O)NC(=O)Cc1c(-c2ccc(Cl)cc2)n(C2CCCCC2)c2ccccc12. The van der Waals surface area contributed by atoms with Crippen molar-refractivity contribution in [1.29, 1.82) is 0 Å². The van der Waals surface area contributed by atoms with E-state index in [0.29, 0.717) is 11.1 Å². The first kappa shape index (κ1) is 20.9. The Morgan fingerprint density at radius 2 is 1.73 bits per heavy atom. The van der Waals surface area contributed by atoms with Gasteiger partial charge in [-0.05, 0) is 42.2 Å². The molecule has 1 aliphatic carbocycles. The number of amides is 1. The van der Waals surface area contributed by atoms with Crippen molar-refractivity contribution in [3.8, 4) is 11.3 Å². The Kier molecular flexibility index (Phi) is 5.89. The second-order valence-electron chi connectivity index (χ2n) is 7.99. The Morgan fingerprint density at radius 3 is 2.40 bits per heavy atom. The number of nitrogens with zero attached hydrogens (tertiary/aromatic N) is 1. The smallest absolute Gasteiger partial charge is 0.237 e. The molecule has 4 rings (SSSR count). The van der Waals surface area contributed by atoms with Gasteiger partial charge in [0.2, 0.25) is 15.9 Å². The quantitative estimate of drug-likeness (QED) is 0.596. The molecular weight excluding hydrogens is 420 g/mol. The molecule has 1 saturated carbocycles. The number of hydrogen-bond donors (Lipinski definition) is 1. The van der Waals surface area contributed by atoms with Gasteiger partial charge in [-0.2, -0.15) is 0 Å². The fourth-order valence-electron chi connectivity index (χ4n) is 4.55. The molecule has 0 unspecified atom stereocenters.